The summed E-state index contributed by atoms with van der Waals surface area (Å²) in [5, 5.41) is 14.7. The first-order valence-electron chi connectivity index (χ1n) is 8.09. The molecule has 0 fully saturated rings. The van der Waals surface area contributed by atoms with Gasteiger partial charge in [0.05, 0.1) is 10.3 Å². The second-order valence-corrected chi connectivity index (χ2v) is 6.74. The van der Waals surface area contributed by atoms with Crippen molar-refractivity contribution in [3.63, 3.8) is 0 Å². The maximum Gasteiger partial charge on any atom is 0.360 e. The van der Waals surface area contributed by atoms with Crippen LogP contribution in [0.5, 0.6) is 0 Å². The SMILES string of the molecule is C[C@@H](OC(=O)c1nn(C)c(=O)c2ccccc12)c1nnc(-c2cccs2)o1. The summed E-state index contributed by atoms with van der Waals surface area (Å²) in [5.41, 5.74) is -0.231. The zero-order valence-electron chi connectivity index (χ0n) is 14.4. The molecule has 0 N–H and O–H groups in total. The fourth-order valence-electron chi connectivity index (χ4n) is 2.62. The van der Waals surface area contributed by atoms with Crippen LogP contribution in [-0.4, -0.2) is 25.9 Å². The molecule has 0 bridgehead atoms. The number of hydrogen-bond acceptors (Lipinski definition) is 8. The van der Waals surface area contributed by atoms with Crippen molar-refractivity contribution in [2.75, 3.05) is 0 Å². The van der Waals surface area contributed by atoms with Gasteiger partial charge in [-0.1, -0.05) is 24.3 Å². The van der Waals surface area contributed by atoms with Crippen molar-refractivity contribution < 1.29 is 13.9 Å². The first-order valence-corrected chi connectivity index (χ1v) is 8.97. The molecule has 0 aliphatic rings. The number of carbonyl (C=O) groups excluding carboxylic acids is 1. The number of rotatable bonds is 4. The van der Waals surface area contributed by atoms with Gasteiger partial charge in [-0.2, -0.15) is 5.10 Å². The third-order valence-electron chi connectivity index (χ3n) is 3.95. The van der Waals surface area contributed by atoms with E-state index in [1.54, 1.807) is 31.2 Å². The fourth-order valence-corrected chi connectivity index (χ4v) is 3.26. The molecule has 1 aromatic carbocycles. The van der Waals surface area contributed by atoms with E-state index in [2.05, 4.69) is 15.3 Å². The minimum absolute atomic E-state index is 0.0533. The zero-order chi connectivity index (χ0) is 19.0. The lowest BCUT2D eigenvalue weighted by Crippen LogP contribution is -2.24. The van der Waals surface area contributed by atoms with Crippen molar-refractivity contribution >= 4 is 28.1 Å². The lowest BCUT2D eigenvalue weighted by atomic mass is 10.1. The number of nitrogens with zero attached hydrogens (tertiary/aromatic N) is 4. The Morgan fingerprint density at radius 3 is 2.70 bits per heavy atom. The van der Waals surface area contributed by atoms with Crippen LogP contribution in [0.3, 0.4) is 0 Å². The smallest absolute Gasteiger partial charge is 0.360 e. The van der Waals surface area contributed by atoms with Crippen LogP contribution in [0.1, 0.15) is 29.4 Å². The predicted octanol–water partition coefficient (Wildman–Crippen LogP) is 2.96. The van der Waals surface area contributed by atoms with E-state index in [0.717, 1.165) is 9.56 Å². The highest BCUT2D eigenvalue weighted by Crippen LogP contribution is 2.26. The van der Waals surface area contributed by atoms with Gasteiger partial charge < -0.3 is 9.15 Å². The maximum atomic E-state index is 12.7. The van der Waals surface area contributed by atoms with Crippen LogP contribution >= 0.6 is 11.3 Å². The molecule has 0 radical (unpaired) electrons. The average Bonchev–Trinajstić information content (AvgIpc) is 3.36. The van der Waals surface area contributed by atoms with Gasteiger partial charge in [0.15, 0.2) is 11.8 Å². The van der Waals surface area contributed by atoms with Crippen LogP contribution in [0.25, 0.3) is 21.5 Å². The van der Waals surface area contributed by atoms with Crippen LogP contribution in [-0.2, 0) is 11.8 Å². The topological polar surface area (TPSA) is 100 Å². The second-order valence-electron chi connectivity index (χ2n) is 5.79. The Balaban J connectivity index is 1.62. The molecule has 0 saturated heterocycles. The number of hydrogen-bond donors (Lipinski definition) is 0. The van der Waals surface area contributed by atoms with E-state index in [1.807, 2.05) is 17.5 Å². The molecule has 0 saturated carbocycles. The van der Waals surface area contributed by atoms with Crippen molar-refractivity contribution in [3.8, 4) is 10.8 Å². The van der Waals surface area contributed by atoms with Gasteiger partial charge in [-0.15, -0.1) is 21.5 Å². The highest BCUT2D eigenvalue weighted by Gasteiger charge is 2.23. The minimum atomic E-state index is -0.767. The standard InChI is InChI=1S/C18H14N4O4S/c1-10(15-19-20-16(26-15)13-8-5-9-27-13)25-18(24)14-11-6-3-4-7-12(11)17(23)22(2)21-14/h3-10H,1-2H3/t10-/m1/s1. The summed E-state index contributed by atoms with van der Waals surface area (Å²) < 4.78 is 12.2. The highest BCUT2D eigenvalue weighted by molar-refractivity contribution is 7.13. The van der Waals surface area contributed by atoms with Gasteiger partial charge in [-0.25, -0.2) is 9.48 Å². The molecule has 0 aliphatic carbocycles. The van der Waals surface area contributed by atoms with E-state index in [4.69, 9.17) is 9.15 Å². The fraction of sp³-hybridized carbons (Fsp3) is 0.167. The molecular formula is C18H14N4O4S. The number of carbonyl (C=O) groups is 1. The molecule has 3 heterocycles. The van der Waals surface area contributed by atoms with E-state index >= 15 is 0 Å². The summed E-state index contributed by atoms with van der Waals surface area (Å²) in [7, 11) is 1.49. The van der Waals surface area contributed by atoms with Crippen molar-refractivity contribution in [1.29, 1.82) is 0 Å². The molecule has 4 rings (SSSR count). The number of aryl methyl sites for hydroxylation is 1. The summed E-state index contributed by atoms with van der Waals surface area (Å²) in [4.78, 5) is 25.7. The number of ether oxygens (including phenoxy) is 1. The van der Waals surface area contributed by atoms with Crippen molar-refractivity contribution in [2.45, 2.75) is 13.0 Å². The third kappa shape index (κ3) is 3.13. The summed E-state index contributed by atoms with van der Waals surface area (Å²) in [6.07, 6.45) is -0.767. The van der Waals surface area contributed by atoms with Crippen LogP contribution in [0.4, 0.5) is 0 Å². The van der Waals surface area contributed by atoms with Crippen LogP contribution in [0.15, 0.2) is 51.0 Å². The average molecular weight is 382 g/mol. The summed E-state index contributed by atoms with van der Waals surface area (Å²) in [6, 6.07) is 10.5. The molecule has 3 aromatic heterocycles. The van der Waals surface area contributed by atoms with Crippen molar-refractivity contribution in [3.05, 3.63) is 63.7 Å². The van der Waals surface area contributed by atoms with E-state index in [1.165, 1.54) is 18.4 Å². The van der Waals surface area contributed by atoms with Gasteiger partial charge in [-0.05, 0) is 24.4 Å². The molecule has 27 heavy (non-hydrogen) atoms. The van der Waals surface area contributed by atoms with Gasteiger partial charge >= 0.3 is 5.97 Å². The Hall–Kier alpha value is -3.33. The van der Waals surface area contributed by atoms with E-state index in [-0.39, 0.29) is 17.1 Å². The molecule has 0 amide bonds. The van der Waals surface area contributed by atoms with Gasteiger partial charge in [0.2, 0.25) is 0 Å². The number of aromatic nitrogens is 4. The zero-order valence-corrected chi connectivity index (χ0v) is 15.3. The van der Waals surface area contributed by atoms with E-state index in [0.29, 0.717) is 16.7 Å². The van der Waals surface area contributed by atoms with Crippen LogP contribution < -0.4 is 5.56 Å². The summed E-state index contributed by atoms with van der Waals surface area (Å²) >= 11 is 1.47. The Bertz CT molecular complexity index is 1180. The minimum Gasteiger partial charge on any atom is -0.448 e. The molecule has 1 atom stereocenters. The molecular weight excluding hydrogens is 368 g/mol. The molecule has 0 aliphatic heterocycles. The lowest BCUT2D eigenvalue weighted by molar-refractivity contribution is 0.0273. The normalized spacial score (nSPS) is 12.2. The van der Waals surface area contributed by atoms with Gasteiger partial charge in [0.1, 0.15) is 0 Å². The Labute approximate surface area is 157 Å². The monoisotopic (exact) mass is 382 g/mol. The maximum absolute atomic E-state index is 12.7. The van der Waals surface area contributed by atoms with E-state index in [9.17, 15) is 9.59 Å². The van der Waals surface area contributed by atoms with Crippen LogP contribution in [0, 0.1) is 0 Å². The summed E-state index contributed by atoms with van der Waals surface area (Å²) in [5.74, 6) is -0.125. The predicted molar refractivity (Wildman–Crippen MR) is 98.4 cm³/mol. The molecule has 4 aromatic rings. The highest BCUT2D eigenvalue weighted by atomic mass is 32.1. The van der Waals surface area contributed by atoms with Crippen LogP contribution in [0.2, 0.25) is 0 Å². The Morgan fingerprint density at radius 2 is 1.96 bits per heavy atom. The number of thiophene rings is 1. The molecule has 0 spiro atoms. The molecule has 136 valence electrons. The molecule has 8 nitrogen and oxygen atoms in total. The third-order valence-corrected chi connectivity index (χ3v) is 4.81. The van der Waals surface area contributed by atoms with E-state index < -0.39 is 12.1 Å². The molecule has 9 heteroatoms. The Morgan fingerprint density at radius 1 is 1.19 bits per heavy atom. The lowest BCUT2D eigenvalue weighted by Gasteiger charge is -2.11. The van der Waals surface area contributed by atoms with Gasteiger partial charge in [0.25, 0.3) is 17.3 Å². The first kappa shape index (κ1) is 17.1. The Kier molecular flexibility index (Phi) is 4.28. The van der Waals surface area contributed by atoms with Crippen molar-refractivity contribution in [2.24, 2.45) is 7.05 Å². The number of esters is 1. The first-order chi connectivity index (χ1) is 13.0. The summed E-state index contributed by atoms with van der Waals surface area (Å²) in [6.45, 7) is 1.63. The molecule has 0 unspecified atom stereocenters. The second kappa shape index (κ2) is 6.76. The van der Waals surface area contributed by atoms with Gasteiger partial charge in [-0.3, -0.25) is 4.79 Å². The quantitative estimate of drug-likeness (QED) is 0.500. The number of benzene rings is 1. The van der Waals surface area contributed by atoms with Gasteiger partial charge in [0, 0.05) is 12.4 Å². The largest absolute Gasteiger partial charge is 0.448 e. The van der Waals surface area contributed by atoms with Crippen molar-refractivity contribution in [1.82, 2.24) is 20.0 Å². The number of fused-ring (bicyclic) bond motifs is 1.